The Bertz CT molecular complexity index is 550. The predicted molar refractivity (Wildman–Crippen MR) is 65.8 cm³/mol. The highest BCUT2D eigenvalue weighted by atomic mass is 19.1. The van der Waals surface area contributed by atoms with E-state index in [0.717, 1.165) is 5.56 Å². The fraction of sp³-hybridized carbons (Fsp3) is 0.214. The van der Waals surface area contributed by atoms with Crippen LogP contribution in [0.25, 0.3) is 0 Å². The van der Waals surface area contributed by atoms with Crippen molar-refractivity contribution in [3.8, 4) is 0 Å². The lowest BCUT2D eigenvalue weighted by atomic mass is 9.79. The molecular formula is C14H13FN2O. The number of hydrogen-bond donors (Lipinski definition) is 0. The van der Waals surface area contributed by atoms with Crippen LogP contribution in [0.2, 0.25) is 0 Å². The summed E-state index contributed by atoms with van der Waals surface area (Å²) in [5.74, 6) is -0.455. The van der Waals surface area contributed by atoms with Crippen molar-refractivity contribution in [2.75, 3.05) is 0 Å². The monoisotopic (exact) mass is 244 g/mol. The standard InChI is InChI=1S/C14H13FN2O/c1-14(2,10-3-5-11(15)6-4-10)13(18)12-9-16-7-8-17-12/h3-9H,1-2H3. The van der Waals surface area contributed by atoms with E-state index in [1.54, 1.807) is 26.0 Å². The maximum Gasteiger partial charge on any atom is 0.192 e. The predicted octanol–water partition coefficient (Wildman–Crippen LogP) is 2.78. The van der Waals surface area contributed by atoms with Crippen LogP contribution in [0.4, 0.5) is 4.39 Å². The summed E-state index contributed by atoms with van der Waals surface area (Å²) < 4.78 is 12.9. The van der Waals surface area contributed by atoms with Gasteiger partial charge in [0.15, 0.2) is 5.78 Å². The topological polar surface area (TPSA) is 42.9 Å². The molecule has 1 heterocycles. The lowest BCUT2D eigenvalue weighted by Gasteiger charge is -2.23. The summed E-state index contributed by atoms with van der Waals surface area (Å²) in [6.07, 6.45) is 4.43. The highest BCUT2D eigenvalue weighted by Crippen LogP contribution is 2.26. The van der Waals surface area contributed by atoms with Crippen LogP contribution in [0.1, 0.15) is 29.9 Å². The molecule has 0 saturated carbocycles. The van der Waals surface area contributed by atoms with Gasteiger partial charge in [-0.1, -0.05) is 12.1 Å². The maximum atomic E-state index is 12.9. The summed E-state index contributed by atoms with van der Waals surface area (Å²) in [5.41, 5.74) is 0.301. The smallest absolute Gasteiger partial charge is 0.192 e. The quantitative estimate of drug-likeness (QED) is 0.780. The van der Waals surface area contributed by atoms with Crippen LogP contribution in [0.15, 0.2) is 42.9 Å². The Morgan fingerprint density at radius 1 is 1.17 bits per heavy atom. The van der Waals surface area contributed by atoms with Gasteiger partial charge in [-0.25, -0.2) is 9.37 Å². The second-order valence-corrected chi connectivity index (χ2v) is 4.55. The lowest BCUT2D eigenvalue weighted by Crippen LogP contribution is -2.29. The molecule has 0 atom stereocenters. The third-order valence-electron chi connectivity index (χ3n) is 2.93. The molecule has 0 spiro atoms. The van der Waals surface area contributed by atoms with E-state index in [9.17, 15) is 9.18 Å². The second-order valence-electron chi connectivity index (χ2n) is 4.55. The van der Waals surface area contributed by atoms with Crippen molar-refractivity contribution in [2.45, 2.75) is 19.3 Å². The van der Waals surface area contributed by atoms with Gasteiger partial charge >= 0.3 is 0 Å². The van der Waals surface area contributed by atoms with Crippen molar-refractivity contribution in [1.82, 2.24) is 9.97 Å². The number of nitrogens with zero attached hydrogens (tertiary/aromatic N) is 2. The normalized spacial score (nSPS) is 11.3. The molecule has 18 heavy (non-hydrogen) atoms. The first-order valence-electron chi connectivity index (χ1n) is 5.58. The van der Waals surface area contributed by atoms with Gasteiger partial charge in [-0.2, -0.15) is 0 Å². The molecule has 92 valence electrons. The maximum absolute atomic E-state index is 12.9. The fourth-order valence-electron chi connectivity index (χ4n) is 1.73. The van der Waals surface area contributed by atoms with Crippen LogP contribution in [0.3, 0.4) is 0 Å². The van der Waals surface area contributed by atoms with E-state index in [2.05, 4.69) is 9.97 Å². The van der Waals surface area contributed by atoms with Crippen LogP contribution < -0.4 is 0 Å². The molecule has 0 aliphatic heterocycles. The number of aromatic nitrogens is 2. The number of carbonyl (C=O) groups excluding carboxylic acids is 1. The lowest BCUT2D eigenvalue weighted by molar-refractivity contribution is 0.0903. The molecular weight excluding hydrogens is 231 g/mol. The molecule has 0 N–H and O–H groups in total. The zero-order chi connectivity index (χ0) is 13.2. The number of benzene rings is 1. The third kappa shape index (κ3) is 2.27. The Labute approximate surface area is 105 Å². The Morgan fingerprint density at radius 2 is 1.83 bits per heavy atom. The molecule has 0 fully saturated rings. The van der Waals surface area contributed by atoms with Crippen molar-refractivity contribution in [1.29, 1.82) is 0 Å². The number of halogens is 1. The summed E-state index contributed by atoms with van der Waals surface area (Å²) in [6, 6.07) is 5.93. The van der Waals surface area contributed by atoms with Gasteiger partial charge in [0.05, 0.1) is 11.6 Å². The van der Waals surface area contributed by atoms with Gasteiger partial charge in [-0.15, -0.1) is 0 Å². The van der Waals surface area contributed by atoms with E-state index in [0.29, 0.717) is 5.69 Å². The first kappa shape index (κ1) is 12.4. The van der Waals surface area contributed by atoms with Gasteiger partial charge in [0, 0.05) is 12.4 Å². The summed E-state index contributed by atoms with van der Waals surface area (Å²) >= 11 is 0. The summed E-state index contributed by atoms with van der Waals surface area (Å²) in [4.78, 5) is 20.2. The van der Waals surface area contributed by atoms with Gasteiger partial charge in [0.2, 0.25) is 0 Å². The van der Waals surface area contributed by atoms with Gasteiger partial charge in [-0.3, -0.25) is 9.78 Å². The molecule has 0 aliphatic carbocycles. The minimum absolute atomic E-state index is 0.137. The first-order chi connectivity index (χ1) is 8.51. The van der Waals surface area contributed by atoms with Gasteiger partial charge in [0.1, 0.15) is 11.5 Å². The second kappa shape index (κ2) is 4.64. The molecule has 0 bridgehead atoms. The van der Waals surface area contributed by atoms with Crippen molar-refractivity contribution in [2.24, 2.45) is 0 Å². The molecule has 0 unspecified atom stereocenters. The molecule has 1 aromatic carbocycles. The van der Waals surface area contributed by atoms with E-state index >= 15 is 0 Å². The van der Waals surface area contributed by atoms with E-state index in [-0.39, 0.29) is 11.6 Å². The molecule has 0 radical (unpaired) electrons. The molecule has 4 heteroatoms. The zero-order valence-corrected chi connectivity index (χ0v) is 10.2. The zero-order valence-electron chi connectivity index (χ0n) is 10.2. The van der Waals surface area contributed by atoms with Gasteiger partial charge in [0.25, 0.3) is 0 Å². The van der Waals surface area contributed by atoms with Crippen molar-refractivity contribution in [3.63, 3.8) is 0 Å². The molecule has 0 amide bonds. The van der Waals surface area contributed by atoms with Crippen LogP contribution in [0, 0.1) is 5.82 Å². The Kier molecular flexibility index (Phi) is 3.19. The van der Waals surface area contributed by atoms with Crippen LogP contribution in [-0.4, -0.2) is 15.8 Å². The minimum atomic E-state index is -0.760. The van der Waals surface area contributed by atoms with E-state index < -0.39 is 5.41 Å². The summed E-state index contributed by atoms with van der Waals surface area (Å²) in [5, 5.41) is 0. The average molecular weight is 244 g/mol. The molecule has 1 aromatic heterocycles. The molecule has 0 aliphatic rings. The molecule has 2 aromatic rings. The average Bonchev–Trinajstić information content (AvgIpc) is 2.39. The first-order valence-corrected chi connectivity index (χ1v) is 5.58. The fourth-order valence-corrected chi connectivity index (χ4v) is 1.73. The van der Waals surface area contributed by atoms with Gasteiger partial charge < -0.3 is 0 Å². The Hall–Kier alpha value is -2.10. The summed E-state index contributed by atoms with van der Waals surface area (Å²) in [6.45, 7) is 3.58. The van der Waals surface area contributed by atoms with Crippen molar-refractivity contribution < 1.29 is 9.18 Å². The van der Waals surface area contributed by atoms with E-state index in [4.69, 9.17) is 0 Å². The van der Waals surface area contributed by atoms with Crippen LogP contribution in [0.5, 0.6) is 0 Å². The van der Waals surface area contributed by atoms with E-state index in [1.807, 2.05) is 0 Å². The van der Waals surface area contributed by atoms with Crippen molar-refractivity contribution >= 4 is 5.78 Å². The van der Waals surface area contributed by atoms with Crippen LogP contribution in [-0.2, 0) is 5.41 Å². The molecule has 2 rings (SSSR count). The highest BCUT2D eigenvalue weighted by Gasteiger charge is 2.31. The largest absolute Gasteiger partial charge is 0.291 e. The SMILES string of the molecule is CC(C)(C(=O)c1cnccn1)c1ccc(F)cc1. The Balaban J connectivity index is 2.37. The number of ketones is 1. The van der Waals surface area contributed by atoms with Gasteiger partial charge in [-0.05, 0) is 31.5 Å². The number of Topliss-reactive ketones (excluding diaryl/α,β-unsaturated/α-hetero) is 1. The van der Waals surface area contributed by atoms with Crippen LogP contribution >= 0.6 is 0 Å². The number of carbonyl (C=O) groups is 1. The molecule has 3 nitrogen and oxygen atoms in total. The van der Waals surface area contributed by atoms with Crippen molar-refractivity contribution in [3.05, 3.63) is 59.9 Å². The Morgan fingerprint density at radius 3 is 2.39 bits per heavy atom. The number of hydrogen-bond acceptors (Lipinski definition) is 3. The molecule has 0 saturated heterocycles. The third-order valence-corrected chi connectivity index (χ3v) is 2.93. The highest BCUT2D eigenvalue weighted by molar-refractivity contribution is 6.01. The summed E-state index contributed by atoms with van der Waals surface area (Å²) in [7, 11) is 0. The minimum Gasteiger partial charge on any atom is -0.291 e. The van der Waals surface area contributed by atoms with E-state index in [1.165, 1.54) is 30.7 Å². The number of rotatable bonds is 3.